The molecular formula is C30H26FNO6S. The lowest BCUT2D eigenvalue weighted by Gasteiger charge is -2.48. The van der Waals surface area contributed by atoms with Gasteiger partial charge in [0, 0.05) is 11.3 Å². The predicted molar refractivity (Wildman–Crippen MR) is 144 cm³/mol. The van der Waals surface area contributed by atoms with Crippen molar-refractivity contribution in [3.05, 3.63) is 114 Å². The average Bonchev–Trinajstić information content (AvgIpc) is 2.92. The molecule has 5 rings (SSSR count). The third kappa shape index (κ3) is 5.42. The highest BCUT2D eigenvalue weighted by atomic mass is 32.2. The van der Waals surface area contributed by atoms with Crippen molar-refractivity contribution < 1.29 is 32.4 Å². The molecule has 3 atom stereocenters. The smallest absolute Gasteiger partial charge is 0.294 e. The molecule has 1 heterocycles. The molecule has 0 radical (unpaired) electrons. The number of amides is 1. The lowest BCUT2D eigenvalue weighted by atomic mass is 9.77. The molecule has 4 aromatic carbocycles. The third-order valence-electron chi connectivity index (χ3n) is 7.07. The topological polar surface area (TPSA) is 115 Å². The summed E-state index contributed by atoms with van der Waals surface area (Å²) in [7, 11) is -4.33. The summed E-state index contributed by atoms with van der Waals surface area (Å²) in [6.45, 7) is 0. The number of phenols is 1. The molecule has 7 nitrogen and oxygen atoms in total. The second-order valence-corrected chi connectivity index (χ2v) is 10.9. The Bertz CT molecular complexity index is 1610. The van der Waals surface area contributed by atoms with Crippen molar-refractivity contribution in [2.75, 3.05) is 4.90 Å². The zero-order valence-electron chi connectivity index (χ0n) is 20.7. The van der Waals surface area contributed by atoms with E-state index in [9.17, 15) is 32.4 Å². The van der Waals surface area contributed by atoms with Crippen LogP contribution in [-0.2, 0) is 14.9 Å². The summed E-state index contributed by atoms with van der Waals surface area (Å²) in [5, 5.41) is 21.7. The number of carbonyl (C=O) groups is 1. The molecule has 0 unspecified atom stereocenters. The lowest BCUT2D eigenvalue weighted by Crippen LogP contribution is -2.55. The van der Waals surface area contributed by atoms with E-state index in [-0.39, 0.29) is 16.6 Å². The number of phenolic OH excluding ortho intramolecular Hbond substituents is 1. The molecule has 4 aromatic rings. The average molecular weight is 548 g/mol. The molecule has 1 saturated heterocycles. The van der Waals surface area contributed by atoms with E-state index in [1.165, 1.54) is 53.4 Å². The van der Waals surface area contributed by atoms with E-state index in [1.807, 2.05) is 30.3 Å². The van der Waals surface area contributed by atoms with Crippen molar-refractivity contribution in [2.45, 2.75) is 29.9 Å². The van der Waals surface area contributed by atoms with E-state index in [0.29, 0.717) is 35.2 Å². The summed E-state index contributed by atoms with van der Waals surface area (Å²) in [4.78, 5) is 14.5. The summed E-state index contributed by atoms with van der Waals surface area (Å²) in [5.74, 6) is -1.35. The van der Waals surface area contributed by atoms with Crippen LogP contribution in [0.25, 0.3) is 11.1 Å². The molecule has 0 bridgehead atoms. The fourth-order valence-corrected chi connectivity index (χ4v) is 5.55. The number of rotatable bonds is 8. The highest BCUT2D eigenvalue weighted by Gasteiger charge is 2.49. The van der Waals surface area contributed by atoms with E-state index >= 15 is 0 Å². The van der Waals surface area contributed by atoms with Crippen LogP contribution in [0.4, 0.5) is 10.1 Å². The van der Waals surface area contributed by atoms with Gasteiger partial charge >= 0.3 is 0 Å². The van der Waals surface area contributed by atoms with Gasteiger partial charge < -0.3 is 15.1 Å². The van der Waals surface area contributed by atoms with E-state index in [1.54, 1.807) is 18.2 Å². The first-order chi connectivity index (χ1) is 18.6. The molecule has 0 saturated carbocycles. The SMILES string of the molecule is O=C1[C@H](CC[C@H](O)c2ccccc2)[C@@H](c2ccc(-c3ccc(S(=O)(=O)O)cc3)cc2O)N1c1cccc(F)c1. The van der Waals surface area contributed by atoms with Crippen LogP contribution < -0.4 is 4.90 Å². The molecule has 39 heavy (non-hydrogen) atoms. The van der Waals surface area contributed by atoms with Crippen LogP contribution in [0, 0.1) is 11.7 Å². The Hall–Kier alpha value is -4.05. The van der Waals surface area contributed by atoms with Gasteiger partial charge in [-0.2, -0.15) is 8.42 Å². The number of nitrogens with zero attached hydrogens (tertiary/aromatic N) is 1. The van der Waals surface area contributed by atoms with Gasteiger partial charge in [0.2, 0.25) is 5.91 Å². The predicted octanol–water partition coefficient (Wildman–Crippen LogP) is 5.66. The number of β-lactam (4-membered cyclic amide) rings is 1. The first-order valence-electron chi connectivity index (χ1n) is 12.4. The summed E-state index contributed by atoms with van der Waals surface area (Å²) in [6, 6.07) is 24.7. The first kappa shape index (κ1) is 26.6. The van der Waals surface area contributed by atoms with Crippen molar-refractivity contribution in [1.29, 1.82) is 0 Å². The van der Waals surface area contributed by atoms with Gasteiger partial charge in [-0.1, -0.05) is 60.7 Å². The minimum Gasteiger partial charge on any atom is -0.508 e. The van der Waals surface area contributed by atoms with Gasteiger partial charge in [-0.15, -0.1) is 0 Å². The Labute approximate surface area is 225 Å². The summed E-state index contributed by atoms with van der Waals surface area (Å²) < 4.78 is 45.9. The number of hydrogen-bond donors (Lipinski definition) is 3. The summed E-state index contributed by atoms with van der Waals surface area (Å²) in [6.07, 6.45) is -0.0826. The van der Waals surface area contributed by atoms with Crippen LogP contribution in [0.2, 0.25) is 0 Å². The van der Waals surface area contributed by atoms with Crippen LogP contribution in [-0.4, -0.2) is 29.1 Å². The third-order valence-corrected chi connectivity index (χ3v) is 7.94. The molecule has 0 aliphatic carbocycles. The second kappa shape index (κ2) is 10.6. The van der Waals surface area contributed by atoms with Crippen LogP contribution in [0.5, 0.6) is 5.75 Å². The molecule has 0 spiro atoms. The molecule has 9 heteroatoms. The zero-order valence-corrected chi connectivity index (χ0v) is 21.5. The molecule has 1 fully saturated rings. The molecule has 1 aliphatic rings. The molecule has 3 N–H and O–H groups in total. The maximum Gasteiger partial charge on any atom is 0.294 e. The second-order valence-electron chi connectivity index (χ2n) is 9.52. The van der Waals surface area contributed by atoms with Crippen molar-refractivity contribution in [3.8, 4) is 16.9 Å². The van der Waals surface area contributed by atoms with E-state index in [0.717, 1.165) is 5.56 Å². The van der Waals surface area contributed by atoms with Gasteiger partial charge in [0.25, 0.3) is 10.1 Å². The van der Waals surface area contributed by atoms with Gasteiger partial charge in [-0.3, -0.25) is 9.35 Å². The molecule has 1 aliphatic heterocycles. The largest absolute Gasteiger partial charge is 0.508 e. The van der Waals surface area contributed by atoms with Gasteiger partial charge in [-0.25, -0.2) is 4.39 Å². The fraction of sp³-hybridized carbons (Fsp3) is 0.167. The number of aliphatic hydroxyl groups is 1. The maximum atomic E-state index is 14.0. The standard InChI is InChI=1S/C30H26FNO6S/c31-22-7-4-8-23(18-22)32-29(26(30(32)35)15-16-27(33)20-5-2-1-3-6-20)25-14-11-21(17-28(25)34)19-9-12-24(13-10-19)39(36,37)38/h1-14,17-18,26-27,29,33-34H,15-16H2,(H,36,37,38)/t26-,27+,29-/m1/s1. The highest BCUT2D eigenvalue weighted by Crippen LogP contribution is 2.49. The highest BCUT2D eigenvalue weighted by molar-refractivity contribution is 7.85. The van der Waals surface area contributed by atoms with E-state index in [2.05, 4.69) is 0 Å². The quantitative estimate of drug-likeness (QED) is 0.194. The van der Waals surface area contributed by atoms with Gasteiger partial charge in [0.1, 0.15) is 11.6 Å². The minimum atomic E-state index is -4.33. The molecule has 1 amide bonds. The Morgan fingerprint density at radius 1 is 0.872 bits per heavy atom. The number of benzene rings is 4. The van der Waals surface area contributed by atoms with Crippen LogP contribution in [0.1, 0.15) is 36.1 Å². The molecular weight excluding hydrogens is 521 g/mol. The Kier molecular flexibility index (Phi) is 7.22. The minimum absolute atomic E-state index is 0.0844. The van der Waals surface area contributed by atoms with Gasteiger partial charge in [0.05, 0.1) is 23.0 Å². The van der Waals surface area contributed by atoms with Gasteiger partial charge in [-0.05, 0) is 65.9 Å². The number of carbonyl (C=O) groups excluding carboxylic acids is 1. The van der Waals surface area contributed by atoms with E-state index in [4.69, 9.17) is 0 Å². The van der Waals surface area contributed by atoms with Crippen LogP contribution in [0.3, 0.4) is 0 Å². The van der Waals surface area contributed by atoms with Crippen LogP contribution >= 0.6 is 0 Å². The Morgan fingerprint density at radius 3 is 2.21 bits per heavy atom. The number of anilines is 1. The normalized spacial score (nSPS) is 18.0. The molecule has 200 valence electrons. The maximum absolute atomic E-state index is 14.0. The van der Waals surface area contributed by atoms with Crippen molar-refractivity contribution in [3.63, 3.8) is 0 Å². The van der Waals surface area contributed by atoms with Gasteiger partial charge in [0.15, 0.2) is 0 Å². The van der Waals surface area contributed by atoms with E-state index < -0.39 is 34.0 Å². The summed E-state index contributed by atoms with van der Waals surface area (Å²) >= 11 is 0. The fourth-order valence-electron chi connectivity index (χ4n) is 5.07. The monoisotopic (exact) mass is 547 g/mol. The Morgan fingerprint density at radius 2 is 1.56 bits per heavy atom. The lowest BCUT2D eigenvalue weighted by molar-refractivity contribution is -0.131. The first-order valence-corrected chi connectivity index (χ1v) is 13.8. The van der Waals surface area contributed by atoms with Crippen molar-refractivity contribution >= 4 is 21.7 Å². The zero-order chi connectivity index (χ0) is 27.7. The molecule has 0 aromatic heterocycles. The number of halogens is 1. The number of hydrogen-bond acceptors (Lipinski definition) is 5. The van der Waals surface area contributed by atoms with Crippen molar-refractivity contribution in [1.82, 2.24) is 0 Å². The number of aliphatic hydroxyl groups excluding tert-OH is 1. The van der Waals surface area contributed by atoms with Crippen LogP contribution in [0.15, 0.2) is 102 Å². The summed E-state index contributed by atoms with van der Waals surface area (Å²) in [5.41, 5.74) is 2.79. The Balaban J connectivity index is 1.44. The van der Waals surface area contributed by atoms with Crippen molar-refractivity contribution in [2.24, 2.45) is 5.92 Å². The number of aromatic hydroxyl groups is 1.